The first-order chi connectivity index (χ1) is 35.3. The van der Waals surface area contributed by atoms with Crippen LogP contribution in [0.5, 0.6) is 11.5 Å². The van der Waals surface area contributed by atoms with Gasteiger partial charge in [0.15, 0.2) is 29.3 Å². The average molecular weight is 1070 g/mol. The van der Waals surface area contributed by atoms with Crippen LogP contribution in [0.2, 0.25) is 5.02 Å². The molecule has 3 unspecified atom stereocenters. The van der Waals surface area contributed by atoms with Crippen molar-refractivity contribution in [1.82, 2.24) is 14.7 Å². The van der Waals surface area contributed by atoms with Crippen LogP contribution in [0.25, 0.3) is 0 Å². The van der Waals surface area contributed by atoms with Crippen LogP contribution >= 0.6 is 11.6 Å². The predicted molar refractivity (Wildman–Crippen MR) is 284 cm³/mol. The highest BCUT2D eigenvalue weighted by molar-refractivity contribution is 6.31. The fraction of sp³-hybridized carbons (Fsp3) is 0.618. The number of likely N-dealkylation sites (N-methyl/N-ethyl adjacent to an activating group) is 1. The summed E-state index contributed by atoms with van der Waals surface area (Å²) in [7, 11) is 4.05. The molecule has 0 bridgehead atoms. The van der Waals surface area contributed by atoms with Gasteiger partial charge in [-0.05, 0) is 69.5 Å². The average Bonchev–Trinajstić information content (AvgIpc) is 4.01. The van der Waals surface area contributed by atoms with Crippen LogP contribution in [0, 0.1) is 10.8 Å². The molecule has 75 heavy (non-hydrogen) atoms. The van der Waals surface area contributed by atoms with Crippen LogP contribution in [0.3, 0.4) is 0 Å². The largest absolute Gasteiger partial charge is 0.495 e. The summed E-state index contributed by atoms with van der Waals surface area (Å²) in [5.74, 6) is -4.04. The summed E-state index contributed by atoms with van der Waals surface area (Å²) < 4.78 is 21.5. The number of ketones is 2. The van der Waals surface area contributed by atoms with E-state index in [1.807, 2.05) is 0 Å². The van der Waals surface area contributed by atoms with Gasteiger partial charge in [0.2, 0.25) is 12.1 Å². The quantitative estimate of drug-likeness (QED) is 0.0409. The van der Waals surface area contributed by atoms with Gasteiger partial charge >= 0.3 is 12.1 Å². The highest BCUT2D eigenvalue weighted by atomic mass is 35.5. The van der Waals surface area contributed by atoms with E-state index in [0.717, 1.165) is 24.2 Å². The number of imide groups is 2. The Hall–Kier alpha value is -6.08. The summed E-state index contributed by atoms with van der Waals surface area (Å²) in [5, 5.41) is 8.20. The molecule has 1 aliphatic carbocycles. The van der Waals surface area contributed by atoms with Crippen molar-refractivity contribution >= 4 is 81.9 Å². The van der Waals surface area contributed by atoms with Gasteiger partial charge in [-0.15, -0.1) is 0 Å². The van der Waals surface area contributed by atoms with E-state index in [1.165, 1.54) is 131 Å². The van der Waals surface area contributed by atoms with Crippen LogP contribution in [0.1, 0.15) is 158 Å². The van der Waals surface area contributed by atoms with Gasteiger partial charge in [-0.1, -0.05) is 130 Å². The number of nitrogens with zero attached hydrogens (tertiary/aromatic N) is 3. The Morgan fingerprint density at radius 1 is 0.733 bits per heavy atom. The molecule has 19 nitrogen and oxygen atoms in total. The second kappa shape index (κ2) is 27.6. The van der Waals surface area contributed by atoms with Crippen molar-refractivity contribution in [3.05, 3.63) is 41.4 Å². The van der Waals surface area contributed by atoms with E-state index in [4.69, 9.17) is 30.5 Å². The monoisotopic (exact) mass is 1070 g/mol. The molecule has 1 saturated carbocycles. The van der Waals surface area contributed by atoms with Crippen molar-refractivity contribution in [2.24, 2.45) is 10.8 Å². The Kier molecular flexibility index (Phi) is 22.6. The molecule has 8 amide bonds. The highest BCUT2D eigenvalue weighted by Gasteiger charge is 2.59. The third-order valence-corrected chi connectivity index (χ3v) is 13.6. The number of hydrogen-bond donors (Lipinski definition) is 3. The molecule has 2 aromatic rings. The number of unbranched alkanes of at least 4 members (excludes halogenated alkanes) is 13. The minimum atomic E-state index is -1.70. The lowest BCUT2D eigenvalue weighted by Gasteiger charge is -2.29. The predicted octanol–water partition coefficient (Wildman–Crippen LogP) is 10.1. The number of hydrogen-bond acceptors (Lipinski definition) is 13. The number of anilines is 3. The Bertz CT molecular complexity index is 2400. The third kappa shape index (κ3) is 16.7. The maximum atomic E-state index is 13.6. The number of cyclic esters (lactones) is 1. The summed E-state index contributed by atoms with van der Waals surface area (Å²) >= 11 is 6.23. The lowest BCUT2D eigenvalue weighted by molar-refractivity contribution is -0.148. The first kappa shape index (κ1) is 61.5. The van der Waals surface area contributed by atoms with Gasteiger partial charge in [-0.2, -0.15) is 0 Å². The lowest BCUT2D eigenvalue weighted by atomic mass is 9.85. The molecule has 0 aromatic heterocycles. The molecule has 3 aliphatic rings. The van der Waals surface area contributed by atoms with Crippen LogP contribution in [-0.2, 0) is 43.0 Å². The summed E-state index contributed by atoms with van der Waals surface area (Å²) in [4.78, 5) is 118. The summed E-state index contributed by atoms with van der Waals surface area (Å²) in [6, 6.07) is 5.21. The number of halogens is 1. The number of methoxy groups -OCH3 is 2. The second-order valence-electron chi connectivity index (χ2n) is 21.2. The molecular weight excluding hydrogens is 988 g/mol. The van der Waals surface area contributed by atoms with Gasteiger partial charge in [0.25, 0.3) is 23.6 Å². The number of rotatable bonds is 28. The molecule has 3 atom stereocenters. The fourth-order valence-corrected chi connectivity index (χ4v) is 8.80. The lowest BCUT2D eigenvalue weighted by Crippen LogP contribution is -2.55. The van der Waals surface area contributed by atoms with E-state index in [2.05, 4.69) is 22.9 Å². The van der Waals surface area contributed by atoms with Gasteiger partial charge in [0, 0.05) is 42.6 Å². The smallest absolute Gasteiger partial charge is 0.418 e. The number of ether oxygens (including phenoxy) is 4. The van der Waals surface area contributed by atoms with E-state index in [1.54, 1.807) is 45.9 Å². The van der Waals surface area contributed by atoms with Gasteiger partial charge in [-0.3, -0.25) is 38.5 Å². The van der Waals surface area contributed by atoms with Crippen LogP contribution in [-0.4, -0.2) is 120 Å². The topological polar surface area (TPSA) is 236 Å². The molecule has 2 heterocycles. The summed E-state index contributed by atoms with van der Waals surface area (Å²) in [6.45, 7) is 13.4. The maximum Gasteiger partial charge on any atom is 0.418 e. The minimum Gasteiger partial charge on any atom is -0.495 e. The number of carbonyl (C=O) groups is 9. The molecule has 3 N–H and O–H groups in total. The van der Waals surface area contributed by atoms with Crippen molar-refractivity contribution in [3.63, 3.8) is 0 Å². The zero-order chi connectivity index (χ0) is 55.8. The number of nitrogens with one attached hydrogen (secondary N) is 3. The number of urea groups is 1. The first-order valence-corrected chi connectivity index (χ1v) is 26.5. The molecule has 414 valence electrons. The van der Waals surface area contributed by atoms with Gasteiger partial charge in [-0.25, -0.2) is 19.4 Å². The Labute approximate surface area is 446 Å². The molecule has 5 rings (SSSR count). The number of Topliss-reactive ketones (excluding diaryl/α,β-unsaturated/α-hetero) is 2. The van der Waals surface area contributed by atoms with Crippen LogP contribution < -0.4 is 25.4 Å². The van der Waals surface area contributed by atoms with Crippen molar-refractivity contribution in [3.8, 4) is 11.5 Å². The van der Waals surface area contributed by atoms with E-state index in [-0.39, 0.29) is 23.0 Å². The molecular formula is C55H79ClN6O13. The van der Waals surface area contributed by atoms with Gasteiger partial charge in [0.05, 0.1) is 25.1 Å². The third-order valence-electron chi connectivity index (χ3n) is 13.4. The van der Waals surface area contributed by atoms with Crippen LogP contribution in [0.4, 0.5) is 26.7 Å². The van der Waals surface area contributed by atoms with E-state index < -0.39 is 82.1 Å². The fourth-order valence-electron chi connectivity index (χ4n) is 8.63. The Morgan fingerprint density at radius 2 is 1.25 bits per heavy atom. The standard InChI is InChI=1S/C34H54ClN3O6.C21H25N3O7/c1-7-8-9-10-11-12-13-14-15-16-17-18-19-20-23-44-27-22-21-25(35)24-26(27)36-30(40)28(29(39)34(2,3)4)38-31(41)32(43-6)37(5)33(38)42;1-11(25)22-12-6-7-14(30-5)13(10-12)23-17(27)15(16(26)21(4)8-9-21)24-18(28)20(2,3)31-19(24)29/h21-22,24,28,32H,7-20,23H2,1-6H3,(H,36,40);6-7,10,15H,8-9H2,1-5H3,(H,22,25)(H,23,27). The zero-order valence-electron chi connectivity index (χ0n) is 45.7. The maximum absolute atomic E-state index is 13.6. The summed E-state index contributed by atoms with van der Waals surface area (Å²) in [6.07, 6.45) is 16.5. The highest BCUT2D eigenvalue weighted by Crippen LogP contribution is 2.48. The molecule has 20 heteroatoms. The van der Waals surface area contributed by atoms with Crippen molar-refractivity contribution in [1.29, 1.82) is 0 Å². The molecule has 2 aliphatic heterocycles. The number of carbonyl (C=O) groups excluding carboxylic acids is 9. The second-order valence-corrected chi connectivity index (χ2v) is 21.7. The number of amides is 8. The minimum absolute atomic E-state index is 0.164. The van der Waals surface area contributed by atoms with Crippen molar-refractivity contribution in [2.75, 3.05) is 43.8 Å². The molecule has 2 aromatic carbocycles. The van der Waals surface area contributed by atoms with E-state index >= 15 is 0 Å². The SMILES string of the molecule is CCCCCCCCCCCCCCCCOc1ccc(Cl)cc1NC(=O)C(C(=O)C(C)(C)C)N1C(=O)C(OC)N(C)C1=O.COc1ccc(NC(C)=O)cc1NC(=O)C(C(=O)C1(C)CC1)N1C(=O)OC(C)(C)C1=O. The molecule has 2 saturated heterocycles. The summed E-state index contributed by atoms with van der Waals surface area (Å²) in [5.41, 5.74) is -2.49. The van der Waals surface area contributed by atoms with Crippen molar-refractivity contribution in [2.45, 2.75) is 182 Å². The molecule has 0 spiro atoms. The van der Waals surface area contributed by atoms with Gasteiger partial charge < -0.3 is 34.9 Å². The zero-order valence-corrected chi connectivity index (χ0v) is 46.5. The molecule has 3 fully saturated rings. The Morgan fingerprint density at radius 3 is 1.72 bits per heavy atom. The Balaban J connectivity index is 0.000000343. The van der Waals surface area contributed by atoms with Crippen molar-refractivity contribution < 1.29 is 62.1 Å². The number of benzene rings is 2. The normalized spacial score (nSPS) is 17.4. The first-order valence-electron chi connectivity index (χ1n) is 26.1. The molecule has 0 radical (unpaired) electrons. The van der Waals surface area contributed by atoms with E-state index in [9.17, 15) is 43.2 Å². The van der Waals surface area contributed by atoms with Gasteiger partial charge in [0.1, 0.15) is 11.5 Å². The van der Waals surface area contributed by atoms with E-state index in [0.29, 0.717) is 45.7 Å². The van der Waals surface area contributed by atoms with Crippen LogP contribution in [0.15, 0.2) is 36.4 Å².